The third-order valence-corrected chi connectivity index (χ3v) is 5.48. The molecule has 3 heterocycles. The fourth-order valence-electron chi connectivity index (χ4n) is 3.23. The van der Waals surface area contributed by atoms with Crippen LogP contribution in [0.4, 0.5) is 13.2 Å². The molecule has 1 unspecified atom stereocenters. The van der Waals surface area contributed by atoms with Crippen molar-refractivity contribution in [3.8, 4) is 0 Å². The minimum Gasteiger partial charge on any atom is -0.399 e. The first-order valence-electron chi connectivity index (χ1n) is 9.25. The molecule has 1 aliphatic rings. The van der Waals surface area contributed by atoms with Crippen molar-refractivity contribution in [2.45, 2.75) is 65.0 Å². The fourth-order valence-corrected chi connectivity index (χ4v) is 3.23. The molecule has 3 rings (SSSR count). The van der Waals surface area contributed by atoms with Crippen molar-refractivity contribution >= 4 is 12.6 Å². The zero-order valence-electron chi connectivity index (χ0n) is 16.9. The Hall–Kier alpha value is -1.87. The smallest absolute Gasteiger partial charge is 0.399 e. The first kappa shape index (κ1) is 20.9. The molecule has 1 atom stereocenters. The van der Waals surface area contributed by atoms with Crippen LogP contribution >= 0.6 is 0 Å². The van der Waals surface area contributed by atoms with Crippen LogP contribution in [-0.2, 0) is 15.5 Å². The first-order valence-corrected chi connectivity index (χ1v) is 9.25. The largest absolute Gasteiger partial charge is 0.498 e. The van der Waals surface area contributed by atoms with Gasteiger partial charge in [-0.3, -0.25) is 9.67 Å². The summed E-state index contributed by atoms with van der Waals surface area (Å²) in [6, 6.07) is 2.30. The van der Waals surface area contributed by atoms with Crippen LogP contribution in [0.2, 0.25) is 0 Å². The monoisotopic (exact) mass is 395 g/mol. The van der Waals surface area contributed by atoms with E-state index < -0.39 is 30.2 Å². The number of hydrogen-bond donors (Lipinski definition) is 0. The van der Waals surface area contributed by atoms with E-state index in [1.165, 1.54) is 6.20 Å². The molecule has 0 aromatic carbocycles. The molecule has 0 spiro atoms. The molecule has 0 saturated carbocycles. The van der Waals surface area contributed by atoms with Crippen LogP contribution in [0.3, 0.4) is 0 Å². The lowest BCUT2D eigenvalue weighted by Crippen LogP contribution is -2.41. The summed E-state index contributed by atoms with van der Waals surface area (Å²) in [7, 11) is -0.574. The Morgan fingerprint density at radius 3 is 2.25 bits per heavy atom. The minimum atomic E-state index is -4.49. The Kier molecular flexibility index (Phi) is 5.12. The highest BCUT2D eigenvalue weighted by Gasteiger charge is 2.52. The highest BCUT2D eigenvalue weighted by atomic mass is 19.4. The summed E-state index contributed by atoms with van der Waals surface area (Å²) >= 11 is 0. The van der Waals surface area contributed by atoms with E-state index in [-0.39, 0.29) is 12.0 Å². The lowest BCUT2D eigenvalue weighted by Gasteiger charge is -2.32. The van der Waals surface area contributed by atoms with Gasteiger partial charge in [-0.15, -0.1) is 0 Å². The van der Waals surface area contributed by atoms with Crippen molar-refractivity contribution in [2.75, 3.05) is 0 Å². The summed E-state index contributed by atoms with van der Waals surface area (Å²) < 4.78 is 53.0. The van der Waals surface area contributed by atoms with E-state index in [4.69, 9.17) is 9.31 Å². The van der Waals surface area contributed by atoms with Gasteiger partial charge in [0.05, 0.1) is 17.2 Å². The number of pyridine rings is 1. The normalized spacial score (nSPS) is 20.0. The fraction of sp³-hybridized carbons (Fsp3) is 0.579. The molecule has 0 radical (unpaired) electrons. The lowest BCUT2D eigenvalue weighted by molar-refractivity contribution is -0.141. The number of nitrogens with zero attached hydrogens (tertiary/aromatic N) is 3. The topological polar surface area (TPSA) is 49.2 Å². The van der Waals surface area contributed by atoms with Crippen LogP contribution in [-0.4, -0.2) is 33.1 Å². The third kappa shape index (κ3) is 3.82. The Bertz CT molecular complexity index is 833. The molecule has 152 valence electrons. The Morgan fingerprint density at radius 1 is 1.11 bits per heavy atom. The second-order valence-electron chi connectivity index (χ2n) is 8.50. The molecule has 9 heteroatoms. The number of halogens is 3. The van der Waals surface area contributed by atoms with Gasteiger partial charge in [0, 0.05) is 24.1 Å². The van der Waals surface area contributed by atoms with Crippen molar-refractivity contribution in [1.82, 2.24) is 14.8 Å². The van der Waals surface area contributed by atoms with Gasteiger partial charge in [0.2, 0.25) is 0 Å². The summed E-state index contributed by atoms with van der Waals surface area (Å²) in [6.07, 6.45) is 0.117. The molecule has 1 fully saturated rings. The van der Waals surface area contributed by atoms with E-state index in [2.05, 4.69) is 10.1 Å². The Balaban J connectivity index is 1.92. The Morgan fingerprint density at radius 2 is 1.71 bits per heavy atom. The summed E-state index contributed by atoms with van der Waals surface area (Å²) in [5, 5.41) is 4.40. The molecule has 5 nitrogen and oxygen atoms in total. The molecule has 1 saturated heterocycles. The first-order chi connectivity index (χ1) is 12.8. The second-order valence-corrected chi connectivity index (χ2v) is 8.50. The number of hydrogen-bond acceptors (Lipinski definition) is 4. The van der Waals surface area contributed by atoms with Gasteiger partial charge < -0.3 is 9.31 Å². The van der Waals surface area contributed by atoms with Crippen molar-refractivity contribution in [2.24, 2.45) is 5.92 Å². The van der Waals surface area contributed by atoms with Crippen LogP contribution in [0.25, 0.3) is 0 Å². The lowest BCUT2D eigenvalue weighted by atomic mass is 9.82. The van der Waals surface area contributed by atoms with Crippen LogP contribution < -0.4 is 5.46 Å². The molecule has 0 bridgehead atoms. The summed E-state index contributed by atoms with van der Waals surface area (Å²) in [6.45, 7) is 11.7. The van der Waals surface area contributed by atoms with E-state index >= 15 is 0 Å². The van der Waals surface area contributed by atoms with Crippen molar-refractivity contribution in [3.63, 3.8) is 0 Å². The van der Waals surface area contributed by atoms with Crippen molar-refractivity contribution in [1.29, 1.82) is 0 Å². The van der Waals surface area contributed by atoms with Gasteiger partial charge >= 0.3 is 13.3 Å². The van der Waals surface area contributed by atoms with Gasteiger partial charge in [-0.05, 0) is 51.3 Å². The maximum atomic E-state index is 13.1. The van der Waals surface area contributed by atoms with Crippen LogP contribution in [0.15, 0.2) is 30.7 Å². The van der Waals surface area contributed by atoms with Crippen LogP contribution in [0, 0.1) is 5.92 Å². The zero-order valence-corrected chi connectivity index (χ0v) is 16.9. The Labute approximate surface area is 163 Å². The van der Waals surface area contributed by atoms with Crippen LogP contribution in [0.1, 0.15) is 58.8 Å². The summed E-state index contributed by atoms with van der Waals surface area (Å²) in [5.74, 6) is 0.00882. The number of aromatic nitrogens is 3. The number of rotatable bonds is 4. The minimum absolute atomic E-state index is 0.00882. The molecule has 1 aliphatic heterocycles. The average Bonchev–Trinajstić information content (AvgIpc) is 3.10. The van der Waals surface area contributed by atoms with E-state index in [0.717, 1.165) is 11.5 Å². The summed E-state index contributed by atoms with van der Waals surface area (Å²) in [4.78, 5) is 3.45. The molecule has 2 aromatic heterocycles. The third-order valence-electron chi connectivity index (χ3n) is 5.48. The number of alkyl halides is 3. The van der Waals surface area contributed by atoms with Gasteiger partial charge in [0.25, 0.3) is 0 Å². The highest BCUT2D eigenvalue weighted by molar-refractivity contribution is 6.62. The SMILES string of the molecule is CC(C)C(c1ccnc(C(F)(F)F)c1)n1cc(B2OC(C)(C)C(C)(C)O2)cn1. The highest BCUT2D eigenvalue weighted by Crippen LogP contribution is 2.37. The summed E-state index contributed by atoms with van der Waals surface area (Å²) in [5.41, 5.74) is -0.641. The average molecular weight is 395 g/mol. The van der Waals surface area contributed by atoms with E-state index in [1.54, 1.807) is 23.1 Å². The molecule has 0 aliphatic carbocycles. The van der Waals surface area contributed by atoms with Gasteiger partial charge in [0.1, 0.15) is 5.69 Å². The maximum Gasteiger partial charge on any atom is 0.498 e. The standard InChI is InChI=1S/C19H25BF3N3O2/c1-12(2)16(13-7-8-24-15(9-13)19(21,22)23)26-11-14(10-25-26)20-27-17(3,4)18(5,6)28-20/h7-12,16H,1-6H3. The molecule has 2 aromatic rings. The quantitative estimate of drug-likeness (QED) is 0.739. The predicted octanol–water partition coefficient (Wildman–Crippen LogP) is 3.84. The van der Waals surface area contributed by atoms with Crippen molar-refractivity contribution < 1.29 is 22.5 Å². The van der Waals surface area contributed by atoms with Gasteiger partial charge in [0.15, 0.2) is 0 Å². The maximum absolute atomic E-state index is 13.1. The molecule has 0 amide bonds. The van der Waals surface area contributed by atoms with Crippen molar-refractivity contribution in [3.05, 3.63) is 42.0 Å². The molecule has 0 N–H and O–H groups in total. The predicted molar refractivity (Wildman–Crippen MR) is 100 cm³/mol. The van der Waals surface area contributed by atoms with E-state index in [0.29, 0.717) is 5.56 Å². The zero-order chi connectivity index (χ0) is 20.9. The second kappa shape index (κ2) is 6.88. The van der Waals surface area contributed by atoms with Gasteiger partial charge in [-0.1, -0.05) is 13.8 Å². The van der Waals surface area contributed by atoms with Crippen LogP contribution in [0.5, 0.6) is 0 Å². The van der Waals surface area contributed by atoms with Gasteiger partial charge in [-0.25, -0.2) is 0 Å². The van der Waals surface area contributed by atoms with E-state index in [1.807, 2.05) is 41.5 Å². The van der Waals surface area contributed by atoms with E-state index in [9.17, 15) is 13.2 Å². The molecular weight excluding hydrogens is 370 g/mol. The molecule has 28 heavy (non-hydrogen) atoms. The molecular formula is C19H25BF3N3O2. The van der Waals surface area contributed by atoms with Gasteiger partial charge in [-0.2, -0.15) is 18.3 Å².